The normalized spacial score (nSPS) is 18.8. The minimum atomic E-state index is 0.187. The van der Waals surface area contributed by atoms with Gasteiger partial charge in [0.25, 0.3) is 5.95 Å². The molecule has 2 saturated heterocycles. The van der Waals surface area contributed by atoms with Crippen molar-refractivity contribution in [3.8, 4) is 0 Å². The number of rotatable bonds is 4. The highest BCUT2D eigenvalue weighted by atomic mass is 35.5. The Bertz CT molecular complexity index is 920. The maximum absolute atomic E-state index is 6.03. The van der Waals surface area contributed by atoms with Gasteiger partial charge in [0.2, 0.25) is 5.96 Å². The van der Waals surface area contributed by atoms with Gasteiger partial charge in [-0.05, 0) is 63.9 Å². The van der Waals surface area contributed by atoms with Crippen LogP contribution in [-0.4, -0.2) is 53.0 Å². The first-order valence-corrected chi connectivity index (χ1v) is 11.1. The minimum absolute atomic E-state index is 0.187. The molecule has 30 heavy (non-hydrogen) atoms. The summed E-state index contributed by atoms with van der Waals surface area (Å²) in [5, 5.41) is 3.90. The molecule has 0 bridgehead atoms. The second-order valence-corrected chi connectivity index (χ2v) is 8.67. The van der Waals surface area contributed by atoms with Gasteiger partial charge in [0.05, 0.1) is 27.6 Å². The van der Waals surface area contributed by atoms with Gasteiger partial charge in [-0.25, -0.2) is 9.97 Å². The van der Waals surface area contributed by atoms with Crippen LogP contribution in [0.3, 0.4) is 0 Å². The van der Waals surface area contributed by atoms with Crippen LogP contribution in [0.5, 0.6) is 0 Å². The van der Waals surface area contributed by atoms with Crippen molar-refractivity contribution in [3.63, 3.8) is 0 Å². The summed E-state index contributed by atoms with van der Waals surface area (Å²) in [7, 11) is 0. The van der Waals surface area contributed by atoms with E-state index in [1.165, 1.54) is 38.8 Å². The molecular weight excluding hydrogens is 421 g/mol. The number of nitrogens with one attached hydrogen (secondary N) is 1. The van der Waals surface area contributed by atoms with E-state index < -0.39 is 0 Å². The number of aliphatic imine (C=N–C) groups is 1. The quantitative estimate of drug-likeness (QED) is 0.539. The molecule has 2 aliphatic rings. The second kappa shape index (κ2) is 9.37. The summed E-state index contributed by atoms with van der Waals surface area (Å²) in [6.07, 6.45) is 6.93. The Morgan fingerprint density at radius 2 is 1.87 bits per heavy atom. The van der Waals surface area contributed by atoms with E-state index in [-0.39, 0.29) is 5.96 Å². The summed E-state index contributed by atoms with van der Waals surface area (Å²) in [6.45, 7) is 6.59. The number of hydrogen-bond acceptors (Lipinski definition) is 5. The molecule has 0 aliphatic carbocycles. The summed E-state index contributed by atoms with van der Waals surface area (Å²) >= 11 is 12.0. The molecule has 4 rings (SSSR count). The van der Waals surface area contributed by atoms with E-state index in [0.29, 0.717) is 21.7 Å². The number of benzene rings is 1. The number of anilines is 2. The lowest BCUT2D eigenvalue weighted by atomic mass is 10.0. The fourth-order valence-electron chi connectivity index (χ4n) is 4.25. The average molecular weight is 448 g/mol. The van der Waals surface area contributed by atoms with Gasteiger partial charge < -0.3 is 20.9 Å². The molecule has 2 aromatic rings. The van der Waals surface area contributed by atoms with Gasteiger partial charge in [-0.3, -0.25) is 0 Å². The first-order valence-electron chi connectivity index (χ1n) is 10.4. The number of aromatic nitrogens is 2. The van der Waals surface area contributed by atoms with Crippen molar-refractivity contribution in [3.05, 3.63) is 40.1 Å². The van der Waals surface area contributed by atoms with Crippen LogP contribution < -0.4 is 16.0 Å². The minimum Gasteiger partial charge on any atom is -0.369 e. The molecule has 0 saturated carbocycles. The maximum atomic E-state index is 6.03. The van der Waals surface area contributed by atoms with Crippen LogP contribution in [0, 0.1) is 6.92 Å². The number of piperidine rings is 1. The summed E-state index contributed by atoms with van der Waals surface area (Å²) in [6, 6.07) is 5.88. The molecule has 3 heterocycles. The number of halogens is 2. The zero-order valence-electron chi connectivity index (χ0n) is 17.1. The lowest BCUT2D eigenvalue weighted by molar-refractivity contribution is 0.208. The van der Waals surface area contributed by atoms with Crippen molar-refractivity contribution in [2.24, 2.45) is 10.7 Å². The number of nitrogens with two attached hydrogens (primary N) is 1. The molecule has 0 amide bonds. The Morgan fingerprint density at radius 3 is 2.53 bits per heavy atom. The predicted octanol–water partition coefficient (Wildman–Crippen LogP) is 4.21. The third-order valence-corrected chi connectivity index (χ3v) is 6.55. The molecule has 160 valence electrons. The average Bonchev–Trinajstić information content (AvgIpc) is 3.26. The zero-order valence-corrected chi connectivity index (χ0v) is 18.6. The number of hydrogen-bond donors (Lipinski definition) is 2. The molecule has 9 heteroatoms. The molecule has 3 N–H and O–H groups in total. The van der Waals surface area contributed by atoms with Crippen molar-refractivity contribution >= 4 is 46.5 Å². The van der Waals surface area contributed by atoms with Gasteiger partial charge in [-0.1, -0.05) is 23.2 Å². The van der Waals surface area contributed by atoms with Gasteiger partial charge in [-0.2, -0.15) is 4.99 Å². The maximum Gasteiger partial charge on any atom is 0.252 e. The van der Waals surface area contributed by atoms with Gasteiger partial charge in [0.15, 0.2) is 0 Å². The molecule has 0 atom stereocenters. The van der Waals surface area contributed by atoms with E-state index in [9.17, 15) is 0 Å². The highest BCUT2D eigenvalue weighted by Gasteiger charge is 2.27. The van der Waals surface area contributed by atoms with E-state index in [1.807, 2.05) is 13.1 Å². The van der Waals surface area contributed by atoms with Crippen LogP contribution in [0.2, 0.25) is 10.0 Å². The fourth-order valence-corrected chi connectivity index (χ4v) is 4.55. The first-order chi connectivity index (χ1) is 14.5. The lowest BCUT2D eigenvalue weighted by Gasteiger charge is -2.37. The summed E-state index contributed by atoms with van der Waals surface area (Å²) in [5.41, 5.74) is 8.68. The molecule has 0 spiro atoms. The lowest BCUT2D eigenvalue weighted by Crippen LogP contribution is -2.44. The predicted molar refractivity (Wildman–Crippen MR) is 124 cm³/mol. The van der Waals surface area contributed by atoms with Gasteiger partial charge >= 0.3 is 0 Å². The van der Waals surface area contributed by atoms with Crippen molar-refractivity contribution in [1.29, 1.82) is 0 Å². The summed E-state index contributed by atoms with van der Waals surface area (Å²) < 4.78 is 0. The van der Waals surface area contributed by atoms with E-state index in [2.05, 4.69) is 30.1 Å². The third kappa shape index (κ3) is 4.96. The summed E-state index contributed by atoms with van der Waals surface area (Å²) in [5.74, 6) is 0.514. The smallest absolute Gasteiger partial charge is 0.252 e. The molecule has 0 unspecified atom stereocenters. The van der Waals surface area contributed by atoms with E-state index in [1.54, 1.807) is 18.2 Å². The van der Waals surface area contributed by atoms with Crippen molar-refractivity contribution in [2.75, 3.05) is 36.4 Å². The van der Waals surface area contributed by atoms with Crippen LogP contribution in [0.1, 0.15) is 31.4 Å². The topological polar surface area (TPSA) is 82.7 Å². The second-order valence-electron chi connectivity index (χ2n) is 7.85. The van der Waals surface area contributed by atoms with Crippen LogP contribution in [0.4, 0.5) is 17.3 Å². The molecule has 2 aliphatic heterocycles. The Kier molecular flexibility index (Phi) is 6.61. The first kappa shape index (κ1) is 21.2. The largest absolute Gasteiger partial charge is 0.369 e. The van der Waals surface area contributed by atoms with Crippen LogP contribution in [0.15, 0.2) is 29.4 Å². The number of likely N-dealkylation sites (tertiary alicyclic amines) is 1. The highest BCUT2D eigenvalue weighted by molar-refractivity contribution is 6.42. The van der Waals surface area contributed by atoms with Crippen molar-refractivity contribution in [2.45, 2.75) is 38.6 Å². The van der Waals surface area contributed by atoms with Crippen molar-refractivity contribution in [1.82, 2.24) is 14.9 Å². The third-order valence-electron chi connectivity index (χ3n) is 5.82. The molecule has 1 aromatic carbocycles. The number of aryl methyl sites for hydroxylation is 1. The van der Waals surface area contributed by atoms with Gasteiger partial charge in [0.1, 0.15) is 0 Å². The van der Waals surface area contributed by atoms with Gasteiger partial charge in [-0.15, -0.1) is 0 Å². The van der Waals surface area contributed by atoms with Gasteiger partial charge in [0, 0.05) is 24.8 Å². The fraction of sp³-hybridized carbons (Fsp3) is 0.476. The van der Waals surface area contributed by atoms with E-state index in [4.69, 9.17) is 28.9 Å². The van der Waals surface area contributed by atoms with Crippen LogP contribution in [0.25, 0.3) is 0 Å². The number of nitrogens with zero attached hydrogens (tertiary/aromatic N) is 5. The Hall–Kier alpha value is -2.09. The zero-order chi connectivity index (χ0) is 21.1. The molecule has 7 nitrogen and oxygen atoms in total. The Morgan fingerprint density at radius 1 is 1.13 bits per heavy atom. The van der Waals surface area contributed by atoms with E-state index in [0.717, 1.165) is 30.5 Å². The Labute approximate surface area is 187 Å². The molecular formula is C21H27Cl2N7. The van der Waals surface area contributed by atoms with E-state index >= 15 is 0 Å². The van der Waals surface area contributed by atoms with Crippen LogP contribution >= 0.6 is 23.2 Å². The highest BCUT2D eigenvalue weighted by Crippen LogP contribution is 2.27. The van der Waals surface area contributed by atoms with Crippen LogP contribution in [-0.2, 0) is 0 Å². The van der Waals surface area contributed by atoms with Crippen molar-refractivity contribution < 1.29 is 0 Å². The summed E-state index contributed by atoms with van der Waals surface area (Å²) in [4.78, 5) is 18.3. The molecule has 1 aromatic heterocycles. The number of guanidine groups is 1. The Balaban J connectivity index is 1.39. The monoisotopic (exact) mass is 447 g/mol. The SMILES string of the molecule is Cc1nc(/N=C(\N)Nc2ccc(Cl)c(Cl)c2)ncc1N1CCC(N2CCCC2)CC1. The standard InChI is InChI=1S/C21H27Cl2N7/c1-14-19(30-10-6-16(7-11-30)29-8-2-3-9-29)13-25-21(26-14)28-20(24)27-15-4-5-17(22)18(23)12-15/h4-5,12-13,16H,2-3,6-11H2,1H3,(H3,24,25,26,27,28). The molecule has 2 fully saturated rings. The molecule has 0 radical (unpaired) electrons.